The molecule has 20 heavy (non-hydrogen) atoms. The predicted octanol–water partition coefficient (Wildman–Crippen LogP) is 3.19. The van der Waals surface area contributed by atoms with Gasteiger partial charge in [-0.15, -0.1) is 0 Å². The van der Waals surface area contributed by atoms with Gasteiger partial charge in [0.15, 0.2) is 18.2 Å². The summed E-state index contributed by atoms with van der Waals surface area (Å²) in [6, 6.07) is 7.06. The minimum atomic E-state index is 0.123. The molecule has 1 aromatic carbocycles. The van der Waals surface area contributed by atoms with Crippen LogP contribution in [0.3, 0.4) is 0 Å². The summed E-state index contributed by atoms with van der Waals surface area (Å²) in [4.78, 5) is 15.7. The number of hydrogen-bond donors (Lipinski definition) is 0. The van der Waals surface area contributed by atoms with Crippen LogP contribution in [0, 0.1) is 0 Å². The molecule has 0 aliphatic rings. The van der Waals surface area contributed by atoms with Crippen LogP contribution in [0.4, 0.5) is 0 Å². The van der Waals surface area contributed by atoms with E-state index in [1.54, 1.807) is 24.3 Å². The van der Waals surface area contributed by atoms with E-state index in [2.05, 4.69) is 17.1 Å². The fraction of sp³-hybridized carbons (Fsp3) is 0.400. The Labute approximate surface area is 118 Å². The first-order valence-electron chi connectivity index (χ1n) is 6.80. The molecule has 0 amide bonds. The van der Waals surface area contributed by atoms with Crippen LogP contribution in [0.5, 0.6) is 5.75 Å². The standard InChI is InChI=1S/C15H18N2O3/c1-3-5-14-16-15(20-17-14)10-19-12-8-6-11(7-9-12)13(18)4-2/h6-9H,3-5,10H2,1-2H3. The third-order valence-corrected chi connectivity index (χ3v) is 2.84. The van der Waals surface area contributed by atoms with E-state index >= 15 is 0 Å². The predicted molar refractivity (Wildman–Crippen MR) is 73.7 cm³/mol. The average Bonchev–Trinajstić information content (AvgIpc) is 2.93. The molecule has 2 rings (SSSR count). The first-order valence-corrected chi connectivity index (χ1v) is 6.80. The number of rotatable bonds is 7. The first kappa shape index (κ1) is 14.2. The summed E-state index contributed by atoms with van der Waals surface area (Å²) in [5.74, 6) is 1.96. The van der Waals surface area contributed by atoms with Crippen molar-refractivity contribution >= 4 is 5.78 Å². The molecule has 0 bridgehead atoms. The van der Waals surface area contributed by atoms with Crippen LogP contribution >= 0.6 is 0 Å². The maximum Gasteiger partial charge on any atom is 0.264 e. The Hall–Kier alpha value is -2.17. The molecule has 0 spiro atoms. The third kappa shape index (κ3) is 3.66. The highest BCUT2D eigenvalue weighted by Crippen LogP contribution is 2.15. The highest BCUT2D eigenvalue weighted by Gasteiger charge is 2.07. The van der Waals surface area contributed by atoms with E-state index in [1.807, 2.05) is 6.92 Å². The summed E-state index contributed by atoms with van der Waals surface area (Å²) in [6.45, 7) is 4.14. The molecule has 0 saturated carbocycles. The molecule has 106 valence electrons. The number of carbonyl (C=O) groups excluding carboxylic acids is 1. The lowest BCUT2D eigenvalue weighted by atomic mass is 10.1. The summed E-state index contributed by atoms with van der Waals surface area (Å²) in [5.41, 5.74) is 0.697. The van der Waals surface area contributed by atoms with Gasteiger partial charge in [-0.1, -0.05) is 19.0 Å². The molecule has 0 aliphatic heterocycles. The first-order chi connectivity index (χ1) is 9.72. The largest absolute Gasteiger partial charge is 0.484 e. The van der Waals surface area contributed by atoms with Gasteiger partial charge in [0.1, 0.15) is 5.75 Å². The summed E-state index contributed by atoms with van der Waals surface area (Å²) in [5, 5.41) is 3.86. The highest BCUT2D eigenvalue weighted by molar-refractivity contribution is 5.95. The molecule has 2 aromatic rings. The van der Waals surface area contributed by atoms with Gasteiger partial charge in [-0.2, -0.15) is 4.98 Å². The van der Waals surface area contributed by atoms with Crippen LogP contribution in [0.2, 0.25) is 0 Å². The number of aryl methyl sites for hydroxylation is 1. The molecule has 0 aliphatic carbocycles. The maximum absolute atomic E-state index is 11.5. The zero-order valence-electron chi connectivity index (χ0n) is 11.8. The van der Waals surface area contributed by atoms with Crippen molar-refractivity contribution < 1.29 is 14.1 Å². The van der Waals surface area contributed by atoms with Gasteiger partial charge in [-0.05, 0) is 30.7 Å². The van der Waals surface area contributed by atoms with Crippen molar-refractivity contribution in [2.45, 2.75) is 39.7 Å². The van der Waals surface area contributed by atoms with E-state index in [4.69, 9.17) is 9.26 Å². The topological polar surface area (TPSA) is 65.2 Å². The summed E-state index contributed by atoms with van der Waals surface area (Å²) >= 11 is 0. The Morgan fingerprint density at radius 3 is 2.65 bits per heavy atom. The fourth-order valence-electron chi connectivity index (χ4n) is 1.76. The minimum absolute atomic E-state index is 0.123. The molecule has 0 atom stereocenters. The van der Waals surface area contributed by atoms with E-state index in [-0.39, 0.29) is 12.4 Å². The number of hydrogen-bond acceptors (Lipinski definition) is 5. The van der Waals surface area contributed by atoms with Crippen molar-refractivity contribution in [3.8, 4) is 5.75 Å². The van der Waals surface area contributed by atoms with Gasteiger partial charge >= 0.3 is 0 Å². The van der Waals surface area contributed by atoms with Gasteiger partial charge in [0.2, 0.25) is 0 Å². The van der Waals surface area contributed by atoms with E-state index in [0.717, 1.165) is 12.8 Å². The van der Waals surface area contributed by atoms with Crippen molar-refractivity contribution in [3.05, 3.63) is 41.5 Å². The quantitative estimate of drug-likeness (QED) is 0.725. The second-order valence-electron chi connectivity index (χ2n) is 4.44. The van der Waals surface area contributed by atoms with Gasteiger partial charge in [-0.3, -0.25) is 4.79 Å². The number of carbonyl (C=O) groups is 1. The lowest BCUT2D eigenvalue weighted by Crippen LogP contribution is -1.98. The third-order valence-electron chi connectivity index (χ3n) is 2.84. The summed E-state index contributed by atoms with van der Waals surface area (Å²) < 4.78 is 10.6. The normalized spacial score (nSPS) is 10.5. The van der Waals surface area contributed by atoms with Crippen LogP contribution < -0.4 is 4.74 Å². The lowest BCUT2D eigenvalue weighted by molar-refractivity contribution is 0.0988. The van der Waals surface area contributed by atoms with Crippen LogP contribution in [-0.2, 0) is 13.0 Å². The van der Waals surface area contributed by atoms with Gasteiger partial charge in [0.05, 0.1) is 0 Å². The Kier molecular flexibility index (Phi) is 4.87. The van der Waals surface area contributed by atoms with Crippen LogP contribution in [0.15, 0.2) is 28.8 Å². The molecule has 1 aromatic heterocycles. The number of nitrogens with zero attached hydrogens (tertiary/aromatic N) is 2. The van der Waals surface area contributed by atoms with E-state index in [9.17, 15) is 4.79 Å². The van der Waals surface area contributed by atoms with Crippen molar-refractivity contribution in [2.75, 3.05) is 0 Å². The maximum atomic E-state index is 11.5. The molecular formula is C15H18N2O3. The Morgan fingerprint density at radius 2 is 2.00 bits per heavy atom. The molecular weight excluding hydrogens is 256 g/mol. The number of Topliss-reactive ketones (excluding diaryl/α,β-unsaturated/α-hetero) is 1. The van der Waals surface area contributed by atoms with Crippen LogP contribution in [-0.4, -0.2) is 15.9 Å². The second kappa shape index (κ2) is 6.84. The Morgan fingerprint density at radius 1 is 1.25 bits per heavy atom. The number of benzene rings is 1. The molecule has 0 saturated heterocycles. The molecule has 0 radical (unpaired) electrons. The number of ketones is 1. The fourth-order valence-corrected chi connectivity index (χ4v) is 1.76. The van der Waals surface area contributed by atoms with Crippen LogP contribution in [0.25, 0.3) is 0 Å². The Bertz CT molecular complexity index is 561. The van der Waals surface area contributed by atoms with Crippen molar-refractivity contribution in [1.82, 2.24) is 10.1 Å². The molecule has 0 unspecified atom stereocenters. The highest BCUT2D eigenvalue weighted by atomic mass is 16.5. The number of ether oxygens (including phenoxy) is 1. The molecule has 0 fully saturated rings. The van der Waals surface area contributed by atoms with Crippen molar-refractivity contribution in [3.63, 3.8) is 0 Å². The monoisotopic (exact) mass is 274 g/mol. The molecule has 0 N–H and O–H groups in total. The second-order valence-corrected chi connectivity index (χ2v) is 4.44. The molecule has 5 nitrogen and oxygen atoms in total. The van der Waals surface area contributed by atoms with Crippen LogP contribution in [0.1, 0.15) is 48.8 Å². The van der Waals surface area contributed by atoms with Crippen molar-refractivity contribution in [1.29, 1.82) is 0 Å². The van der Waals surface area contributed by atoms with E-state index in [0.29, 0.717) is 29.4 Å². The van der Waals surface area contributed by atoms with E-state index in [1.165, 1.54) is 0 Å². The average molecular weight is 274 g/mol. The lowest BCUT2D eigenvalue weighted by Gasteiger charge is -2.04. The Balaban J connectivity index is 1.91. The molecule has 1 heterocycles. The zero-order valence-corrected chi connectivity index (χ0v) is 11.8. The minimum Gasteiger partial charge on any atom is -0.484 e. The van der Waals surface area contributed by atoms with E-state index < -0.39 is 0 Å². The smallest absolute Gasteiger partial charge is 0.264 e. The van der Waals surface area contributed by atoms with Gasteiger partial charge < -0.3 is 9.26 Å². The SMILES string of the molecule is CCCc1noc(COc2ccc(C(=O)CC)cc2)n1. The number of aromatic nitrogens is 2. The summed E-state index contributed by atoms with van der Waals surface area (Å²) in [6.07, 6.45) is 2.28. The van der Waals surface area contributed by atoms with Gasteiger partial charge in [0.25, 0.3) is 5.89 Å². The molecule has 5 heteroatoms. The zero-order chi connectivity index (χ0) is 14.4. The van der Waals surface area contributed by atoms with Gasteiger partial charge in [0, 0.05) is 18.4 Å². The van der Waals surface area contributed by atoms with Crippen molar-refractivity contribution in [2.24, 2.45) is 0 Å². The summed E-state index contributed by atoms with van der Waals surface area (Å²) in [7, 11) is 0. The van der Waals surface area contributed by atoms with Gasteiger partial charge in [-0.25, -0.2) is 0 Å².